The van der Waals surface area contributed by atoms with E-state index >= 15 is 0 Å². The molecule has 10 heteroatoms. The lowest BCUT2D eigenvalue weighted by atomic mass is 10.2. The molecular weight excluding hydrogens is 382 g/mol. The lowest BCUT2D eigenvalue weighted by Crippen LogP contribution is -2.21. The predicted molar refractivity (Wildman–Crippen MR) is 98.1 cm³/mol. The van der Waals surface area contributed by atoms with Gasteiger partial charge in [0.15, 0.2) is 17.4 Å². The zero-order valence-corrected chi connectivity index (χ0v) is 15.8. The quantitative estimate of drug-likeness (QED) is 0.726. The molecule has 2 amide bonds. The van der Waals surface area contributed by atoms with Gasteiger partial charge in [0.2, 0.25) is 5.91 Å². The first-order chi connectivity index (χ1) is 12.3. The lowest BCUT2D eigenvalue weighted by Gasteiger charge is -2.12. The Hall–Kier alpha value is -2.65. The van der Waals surface area contributed by atoms with E-state index in [0.29, 0.717) is 16.5 Å². The monoisotopic (exact) mass is 397 g/mol. The minimum atomic E-state index is -0.771. The summed E-state index contributed by atoms with van der Waals surface area (Å²) in [6, 6.07) is 3.23. The van der Waals surface area contributed by atoms with E-state index in [4.69, 9.17) is 21.1 Å². The van der Waals surface area contributed by atoms with Crippen LogP contribution < -0.4 is 15.4 Å². The van der Waals surface area contributed by atoms with Crippen molar-refractivity contribution >= 4 is 51.5 Å². The Labute approximate surface area is 158 Å². The number of halogens is 1. The van der Waals surface area contributed by atoms with Crippen molar-refractivity contribution in [3.63, 3.8) is 0 Å². The van der Waals surface area contributed by atoms with Gasteiger partial charge in [-0.2, -0.15) is 0 Å². The van der Waals surface area contributed by atoms with Gasteiger partial charge in [0.05, 0.1) is 12.8 Å². The van der Waals surface area contributed by atoms with Gasteiger partial charge in [-0.3, -0.25) is 9.59 Å². The highest BCUT2D eigenvalue weighted by Crippen LogP contribution is 2.30. The lowest BCUT2D eigenvalue weighted by molar-refractivity contribution is -0.119. The van der Waals surface area contributed by atoms with Crippen LogP contribution in [0.25, 0.3) is 0 Å². The van der Waals surface area contributed by atoms with Crippen LogP contribution in [0.2, 0.25) is 5.02 Å². The van der Waals surface area contributed by atoms with Crippen LogP contribution in [0.3, 0.4) is 0 Å². The van der Waals surface area contributed by atoms with Crippen LogP contribution in [-0.4, -0.2) is 36.5 Å². The smallest absolute Gasteiger partial charge is 0.358 e. The van der Waals surface area contributed by atoms with E-state index in [-0.39, 0.29) is 16.7 Å². The summed E-state index contributed by atoms with van der Waals surface area (Å²) in [7, 11) is 1.45. The van der Waals surface area contributed by atoms with E-state index in [1.165, 1.54) is 19.4 Å². The number of carbonyl (C=O) groups excluding carboxylic acids is 3. The molecular formula is C16H16ClN3O5S. The summed E-state index contributed by atoms with van der Waals surface area (Å²) in [4.78, 5) is 38.8. The summed E-state index contributed by atoms with van der Waals surface area (Å²) in [5.41, 5.74) is 1.18. The minimum absolute atomic E-state index is 0.00599. The second-order valence-electron chi connectivity index (χ2n) is 5.15. The maximum absolute atomic E-state index is 12.0. The number of thiazole rings is 1. The highest BCUT2D eigenvalue weighted by Gasteiger charge is 2.16. The standard InChI is InChI=1S/C16H16ClN3O5S/c1-8-4-11(13(24-3)5-10(8)17)19-14(22)6-25-15(23)12-7-26-16(20-12)18-9(2)21/h4-5,7H,6H2,1-3H3,(H,19,22)(H,18,20,21). The van der Waals surface area contributed by atoms with E-state index in [2.05, 4.69) is 15.6 Å². The molecule has 0 spiro atoms. The van der Waals surface area contributed by atoms with Crippen LogP contribution in [0, 0.1) is 6.92 Å². The fraction of sp³-hybridized carbons (Fsp3) is 0.250. The topological polar surface area (TPSA) is 107 Å². The molecule has 0 fully saturated rings. The van der Waals surface area contributed by atoms with Gasteiger partial charge in [0.25, 0.3) is 5.91 Å². The number of hydrogen-bond acceptors (Lipinski definition) is 7. The zero-order valence-electron chi connectivity index (χ0n) is 14.2. The normalized spacial score (nSPS) is 10.2. The van der Waals surface area contributed by atoms with Crippen molar-refractivity contribution in [3.05, 3.63) is 33.8 Å². The second-order valence-corrected chi connectivity index (χ2v) is 6.41. The number of nitrogens with zero attached hydrogens (tertiary/aromatic N) is 1. The number of hydrogen-bond donors (Lipinski definition) is 2. The number of ether oxygens (including phenoxy) is 2. The number of amides is 2. The van der Waals surface area contributed by atoms with E-state index in [0.717, 1.165) is 16.9 Å². The summed E-state index contributed by atoms with van der Waals surface area (Å²) in [6.07, 6.45) is 0. The van der Waals surface area contributed by atoms with Crippen molar-refractivity contribution in [1.29, 1.82) is 0 Å². The highest BCUT2D eigenvalue weighted by atomic mass is 35.5. The minimum Gasteiger partial charge on any atom is -0.495 e. The van der Waals surface area contributed by atoms with Crippen molar-refractivity contribution < 1.29 is 23.9 Å². The van der Waals surface area contributed by atoms with Crippen LogP contribution in [0.4, 0.5) is 10.8 Å². The SMILES string of the molecule is COc1cc(Cl)c(C)cc1NC(=O)COC(=O)c1csc(NC(C)=O)n1. The van der Waals surface area contributed by atoms with Crippen molar-refractivity contribution in [2.75, 3.05) is 24.4 Å². The Balaban J connectivity index is 1.94. The average molecular weight is 398 g/mol. The predicted octanol–water partition coefficient (Wildman–Crippen LogP) is 2.87. The molecule has 0 bridgehead atoms. The maximum Gasteiger partial charge on any atom is 0.358 e. The molecule has 1 aromatic carbocycles. The molecule has 0 atom stereocenters. The Morgan fingerprint density at radius 1 is 1.27 bits per heavy atom. The molecule has 0 saturated heterocycles. The molecule has 2 aromatic rings. The number of carbonyl (C=O) groups is 3. The molecule has 26 heavy (non-hydrogen) atoms. The summed E-state index contributed by atoms with van der Waals surface area (Å²) in [5.74, 6) is -1.23. The van der Waals surface area contributed by atoms with Gasteiger partial charge in [-0.05, 0) is 18.6 Å². The van der Waals surface area contributed by atoms with Gasteiger partial charge in [0, 0.05) is 23.4 Å². The molecule has 138 valence electrons. The molecule has 0 unspecified atom stereocenters. The third kappa shape index (κ3) is 5.17. The summed E-state index contributed by atoms with van der Waals surface area (Å²) in [6.45, 7) is 2.61. The molecule has 0 aliphatic carbocycles. The number of nitrogens with one attached hydrogen (secondary N) is 2. The first-order valence-corrected chi connectivity index (χ1v) is 8.60. The number of benzene rings is 1. The Morgan fingerprint density at radius 2 is 2.00 bits per heavy atom. The largest absolute Gasteiger partial charge is 0.495 e. The van der Waals surface area contributed by atoms with Crippen molar-refractivity contribution in [3.8, 4) is 5.75 Å². The molecule has 2 rings (SSSR count). The van der Waals surface area contributed by atoms with E-state index in [1.54, 1.807) is 19.1 Å². The molecule has 1 aromatic heterocycles. The van der Waals surface area contributed by atoms with Crippen LogP contribution in [0.5, 0.6) is 5.75 Å². The number of aromatic nitrogens is 1. The van der Waals surface area contributed by atoms with E-state index < -0.39 is 18.5 Å². The first kappa shape index (κ1) is 19.7. The van der Waals surface area contributed by atoms with Crippen molar-refractivity contribution in [2.24, 2.45) is 0 Å². The van der Waals surface area contributed by atoms with Crippen LogP contribution in [0.15, 0.2) is 17.5 Å². The van der Waals surface area contributed by atoms with Gasteiger partial charge in [-0.1, -0.05) is 11.6 Å². The van der Waals surface area contributed by atoms with Crippen molar-refractivity contribution in [2.45, 2.75) is 13.8 Å². The van der Waals surface area contributed by atoms with Gasteiger partial charge >= 0.3 is 5.97 Å². The molecule has 0 aliphatic heterocycles. The van der Waals surface area contributed by atoms with Crippen LogP contribution in [-0.2, 0) is 14.3 Å². The van der Waals surface area contributed by atoms with Crippen molar-refractivity contribution in [1.82, 2.24) is 4.98 Å². The Bertz CT molecular complexity index is 852. The molecule has 2 N–H and O–H groups in total. The molecule has 0 radical (unpaired) electrons. The van der Waals surface area contributed by atoms with E-state index in [1.807, 2.05) is 0 Å². The maximum atomic E-state index is 12.0. The third-order valence-electron chi connectivity index (χ3n) is 3.09. The Morgan fingerprint density at radius 3 is 2.65 bits per heavy atom. The summed E-state index contributed by atoms with van der Waals surface area (Å²) in [5, 5.41) is 7.26. The van der Waals surface area contributed by atoms with Gasteiger partial charge < -0.3 is 20.1 Å². The first-order valence-electron chi connectivity index (χ1n) is 7.34. The molecule has 1 heterocycles. The molecule has 0 aliphatic rings. The number of anilines is 2. The molecule has 0 saturated carbocycles. The van der Waals surface area contributed by atoms with Gasteiger partial charge in [-0.25, -0.2) is 9.78 Å². The fourth-order valence-electron chi connectivity index (χ4n) is 1.90. The molecule has 8 nitrogen and oxygen atoms in total. The summed E-state index contributed by atoms with van der Waals surface area (Å²) >= 11 is 7.09. The van der Waals surface area contributed by atoms with E-state index in [9.17, 15) is 14.4 Å². The zero-order chi connectivity index (χ0) is 19.3. The van der Waals surface area contributed by atoms with Crippen LogP contribution in [0.1, 0.15) is 23.0 Å². The van der Waals surface area contributed by atoms with Gasteiger partial charge in [-0.15, -0.1) is 11.3 Å². The fourth-order valence-corrected chi connectivity index (χ4v) is 2.78. The number of methoxy groups -OCH3 is 1. The summed E-state index contributed by atoms with van der Waals surface area (Å²) < 4.78 is 10.1. The third-order valence-corrected chi connectivity index (χ3v) is 4.25. The number of esters is 1. The van der Waals surface area contributed by atoms with Gasteiger partial charge in [0.1, 0.15) is 5.75 Å². The highest BCUT2D eigenvalue weighted by molar-refractivity contribution is 7.14. The van der Waals surface area contributed by atoms with Crippen LogP contribution >= 0.6 is 22.9 Å². The second kappa shape index (κ2) is 8.63. The number of rotatable bonds is 6. The Kier molecular flexibility index (Phi) is 6.53. The average Bonchev–Trinajstić information content (AvgIpc) is 3.03. The number of aryl methyl sites for hydroxylation is 1.